The molecule has 0 fully saturated rings. The van der Waals surface area contributed by atoms with Gasteiger partial charge in [0, 0.05) is 12.1 Å². The fourth-order valence-corrected chi connectivity index (χ4v) is 4.55. The molecule has 0 heterocycles. The predicted molar refractivity (Wildman–Crippen MR) is 138 cm³/mol. The van der Waals surface area contributed by atoms with Gasteiger partial charge in [0.2, 0.25) is 21.8 Å². The van der Waals surface area contributed by atoms with Crippen molar-refractivity contribution in [2.75, 3.05) is 17.1 Å². The number of nitrogens with one attached hydrogen (secondary N) is 1. The molecule has 11 heteroatoms. The average molecular weight is 546 g/mol. The molecule has 0 saturated carbocycles. The van der Waals surface area contributed by atoms with E-state index < -0.39 is 39.9 Å². The molecule has 0 aliphatic heterocycles. The molecule has 0 spiro atoms. The van der Waals surface area contributed by atoms with Gasteiger partial charge in [0.15, 0.2) is 0 Å². The standard InChI is InChI=1S/C24H30Cl2FN3O4S/c1-6-21(23(32)28-24(2,3)4)29(14-16-7-9-17(27)10-8-16)22(31)15-30(35(5,33)34)18-11-12-19(25)20(26)13-18/h7-13,21H,6,14-15H2,1-5H3,(H,28,32). The normalized spacial score (nSPS) is 12.7. The van der Waals surface area contributed by atoms with Crippen molar-refractivity contribution in [3.05, 3.63) is 63.9 Å². The number of anilines is 1. The van der Waals surface area contributed by atoms with Gasteiger partial charge in [0.05, 0.1) is 22.0 Å². The highest BCUT2D eigenvalue weighted by Crippen LogP contribution is 2.28. The van der Waals surface area contributed by atoms with Gasteiger partial charge in [-0.3, -0.25) is 13.9 Å². The molecule has 0 aliphatic carbocycles. The molecule has 192 valence electrons. The minimum Gasteiger partial charge on any atom is -0.350 e. The number of hydrogen-bond donors (Lipinski definition) is 1. The molecule has 35 heavy (non-hydrogen) atoms. The summed E-state index contributed by atoms with van der Waals surface area (Å²) in [5.74, 6) is -1.43. The SMILES string of the molecule is CCC(C(=O)NC(C)(C)C)N(Cc1ccc(F)cc1)C(=O)CN(c1ccc(Cl)c(Cl)c1)S(C)(=O)=O. The van der Waals surface area contributed by atoms with Crippen LogP contribution in [-0.4, -0.2) is 49.5 Å². The van der Waals surface area contributed by atoms with Gasteiger partial charge in [-0.1, -0.05) is 42.3 Å². The number of benzene rings is 2. The fourth-order valence-electron chi connectivity index (χ4n) is 3.41. The van der Waals surface area contributed by atoms with Crippen LogP contribution in [-0.2, 0) is 26.2 Å². The van der Waals surface area contributed by atoms with Crippen LogP contribution in [0.5, 0.6) is 0 Å². The van der Waals surface area contributed by atoms with Crippen LogP contribution in [0.15, 0.2) is 42.5 Å². The van der Waals surface area contributed by atoms with E-state index in [2.05, 4.69) is 5.32 Å². The largest absolute Gasteiger partial charge is 0.350 e. The molecule has 2 aromatic rings. The zero-order chi connectivity index (χ0) is 26.6. The van der Waals surface area contributed by atoms with Gasteiger partial charge in [0.25, 0.3) is 0 Å². The first-order valence-corrected chi connectivity index (χ1v) is 13.5. The fraction of sp³-hybridized carbons (Fsp3) is 0.417. The van der Waals surface area contributed by atoms with E-state index in [0.29, 0.717) is 5.56 Å². The van der Waals surface area contributed by atoms with Crippen molar-refractivity contribution < 1.29 is 22.4 Å². The summed E-state index contributed by atoms with van der Waals surface area (Å²) in [4.78, 5) is 28.0. The van der Waals surface area contributed by atoms with Gasteiger partial charge >= 0.3 is 0 Å². The van der Waals surface area contributed by atoms with Crippen LogP contribution in [0.4, 0.5) is 10.1 Å². The Bertz CT molecular complexity index is 1170. The molecule has 0 saturated heterocycles. The molecular formula is C24H30Cl2FN3O4S. The number of carbonyl (C=O) groups is 2. The smallest absolute Gasteiger partial charge is 0.244 e. The van der Waals surface area contributed by atoms with Crippen LogP contribution in [0, 0.1) is 5.82 Å². The number of nitrogens with zero attached hydrogens (tertiary/aromatic N) is 2. The lowest BCUT2D eigenvalue weighted by atomic mass is 10.1. The highest BCUT2D eigenvalue weighted by Gasteiger charge is 2.33. The van der Waals surface area contributed by atoms with Crippen LogP contribution in [0.1, 0.15) is 39.7 Å². The summed E-state index contributed by atoms with van der Waals surface area (Å²) < 4.78 is 39.5. The third-order valence-electron chi connectivity index (χ3n) is 5.02. The Kier molecular flexibility index (Phi) is 9.56. The highest BCUT2D eigenvalue weighted by molar-refractivity contribution is 7.92. The van der Waals surface area contributed by atoms with E-state index in [0.717, 1.165) is 10.6 Å². The van der Waals surface area contributed by atoms with Crippen molar-refractivity contribution in [3.8, 4) is 0 Å². The second-order valence-electron chi connectivity index (χ2n) is 9.18. The van der Waals surface area contributed by atoms with Crippen molar-refractivity contribution in [3.63, 3.8) is 0 Å². The van der Waals surface area contributed by atoms with Crippen LogP contribution in [0.2, 0.25) is 10.0 Å². The highest BCUT2D eigenvalue weighted by atomic mass is 35.5. The van der Waals surface area contributed by atoms with Crippen LogP contribution < -0.4 is 9.62 Å². The molecule has 0 radical (unpaired) electrons. The maximum Gasteiger partial charge on any atom is 0.244 e. The van der Waals surface area contributed by atoms with E-state index in [1.165, 1.54) is 47.4 Å². The maximum atomic E-state index is 13.6. The molecule has 0 aromatic heterocycles. The number of amides is 2. The van der Waals surface area contributed by atoms with Gasteiger partial charge < -0.3 is 10.2 Å². The molecule has 0 bridgehead atoms. The van der Waals surface area contributed by atoms with E-state index in [1.807, 2.05) is 20.8 Å². The van der Waals surface area contributed by atoms with E-state index >= 15 is 0 Å². The lowest BCUT2D eigenvalue weighted by Gasteiger charge is -2.34. The molecular weight excluding hydrogens is 516 g/mol. The first-order chi connectivity index (χ1) is 16.1. The minimum atomic E-state index is -3.90. The maximum absolute atomic E-state index is 13.6. The van der Waals surface area contributed by atoms with Crippen molar-refractivity contribution >= 4 is 50.7 Å². The Labute approximate surface area is 216 Å². The van der Waals surface area contributed by atoms with E-state index in [4.69, 9.17) is 23.2 Å². The number of hydrogen-bond acceptors (Lipinski definition) is 4. The molecule has 0 aliphatic rings. The molecule has 1 N–H and O–H groups in total. The van der Waals surface area contributed by atoms with E-state index in [-0.39, 0.29) is 34.6 Å². The monoisotopic (exact) mass is 545 g/mol. The molecule has 1 unspecified atom stereocenters. The van der Waals surface area contributed by atoms with Crippen LogP contribution >= 0.6 is 23.2 Å². The summed E-state index contributed by atoms with van der Waals surface area (Å²) in [6, 6.07) is 8.88. The van der Waals surface area contributed by atoms with E-state index in [9.17, 15) is 22.4 Å². The summed E-state index contributed by atoms with van der Waals surface area (Å²) in [5.41, 5.74) is 0.194. The number of carbonyl (C=O) groups excluding carboxylic acids is 2. The molecule has 2 amide bonds. The average Bonchev–Trinajstić information content (AvgIpc) is 2.73. The summed E-state index contributed by atoms with van der Waals surface area (Å²) in [6.07, 6.45) is 1.25. The quantitative estimate of drug-likeness (QED) is 0.498. The Morgan fingerprint density at radius 3 is 2.14 bits per heavy atom. The third kappa shape index (κ3) is 8.37. The molecule has 2 rings (SSSR count). The zero-order valence-electron chi connectivity index (χ0n) is 20.3. The van der Waals surface area contributed by atoms with Crippen molar-refractivity contribution in [2.24, 2.45) is 0 Å². The predicted octanol–water partition coefficient (Wildman–Crippen LogP) is 4.62. The van der Waals surface area contributed by atoms with Gasteiger partial charge in [-0.25, -0.2) is 12.8 Å². The molecule has 7 nitrogen and oxygen atoms in total. The Balaban J connectivity index is 2.47. The first-order valence-electron chi connectivity index (χ1n) is 10.9. The first kappa shape index (κ1) is 28.9. The summed E-state index contributed by atoms with van der Waals surface area (Å²) in [5, 5.41) is 3.24. The second kappa shape index (κ2) is 11.6. The summed E-state index contributed by atoms with van der Waals surface area (Å²) >= 11 is 12.0. The van der Waals surface area contributed by atoms with Crippen LogP contribution in [0.25, 0.3) is 0 Å². The molecule has 1 atom stereocenters. The van der Waals surface area contributed by atoms with Crippen LogP contribution in [0.3, 0.4) is 0 Å². The Hall–Kier alpha value is -2.36. The number of rotatable bonds is 9. The summed E-state index contributed by atoms with van der Waals surface area (Å²) in [6.45, 7) is 6.62. The Morgan fingerprint density at radius 1 is 1.06 bits per heavy atom. The Morgan fingerprint density at radius 2 is 1.66 bits per heavy atom. The zero-order valence-corrected chi connectivity index (χ0v) is 22.6. The van der Waals surface area contributed by atoms with Gasteiger partial charge in [0.1, 0.15) is 18.4 Å². The van der Waals surface area contributed by atoms with Crippen molar-refractivity contribution in [1.82, 2.24) is 10.2 Å². The lowest BCUT2D eigenvalue weighted by Crippen LogP contribution is -2.55. The van der Waals surface area contributed by atoms with Gasteiger partial charge in [-0.15, -0.1) is 0 Å². The summed E-state index contributed by atoms with van der Waals surface area (Å²) in [7, 11) is -3.90. The number of halogens is 3. The lowest BCUT2D eigenvalue weighted by molar-refractivity contribution is -0.141. The van der Waals surface area contributed by atoms with Gasteiger partial charge in [-0.05, 0) is 63.1 Å². The topological polar surface area (TPSA) is 86.8 Å². The third-order valence-corrected chi connectivity index (χ3v) is 6.90. The number of sulfonamides is 1. The van der Waals surface area contributed by atoms with Crippen molar-refractivity contribution in [1.29, 1.82) is 0 Å². The van der Waals surface area contributed by atoms with Gasteiger partial charge in [-0.2, -0.15) is 0 Å². The second-order valence-corrected chi connectivity index (χ2v) is 11.9. The minimum absolute atomic E-state index is 0.0197. The van der Waals surface area contributed by atoms with E-state index in [1.54, 1.807) is 6.92 Å². The van der Waals surface area contributed by atoms with Crippen molar-refractivity contribution in [2.45, 2.75) is 52.2 Å². The molecule has 2 aromatic carbocycles.